The van der Waals surface area contributed by atoms with Crippen LogP contribution in [0.15, 0.2) is 97.1 Å². The zero-order valence-corrected chi connectivity index (χ0v) is 28.6. The molecule has 10 heteroatoms. The number of nitrogens with zero attached hydrogens (tertiary/aromatic N) is 2. The minimum Gasteiger partial charge on any atom is -0.486 e. The van der Waals surface area contributed by atoms with Crippen LogP contribution in [0.5, 0.6) is 5.75 Å². The molecule has 2 N–H and O–H groups in total. The molecule has 0 aromatic heterocycles. The van der Waals surface area contributed by atoms with Crippen molar-refractivity contribution in [2.24, 2.45) is 5.92 Å². The van der Waals surface area contributed by atoms with Crippen LogP contribution < -0.4 is 10.1 Å². The second-order valence-electron chi connectivity index (χ2n) is 13.2. The molecule has 0 bridgehead atoms. The van der Waals surface area contributed by atoms with E-state index in [9.17, 15) is 27.9 Å². The molecule has 0 radical (unpaired) electrons. The number of hydrogen-bond acceptors (Lipinski definition) is 5. The predicted molar refractivity (Wildman–Crippen MR) is 188 cm³/mol. The summed E-state index contributed by atoms with van der Waals surface area (Å²) in [7, 11) is 2.01. The summed E-state index contributed by atoms with van der Waals surface area (Å²) in [6, 6.07) is 27.9. The summed E-state index contributed by atoms with van der Waals surface area (Å²) in [6.07, 6.45) is -3.10. The molecule has 0 saturated heterocycles. The van der Waals surface area contributed by atoms with Gasteiger partial charge in [-0.1, -0.05) is 79.7 Å². The maximum absolute atomic E-state index is 13.8. The van der Waals surface area contributed by atoms with Crippen molar-refractivity contribution in [1.29, 1.82) is 0 Å². The van der Waals surface area contributed by atoms with E-state index in [4.69, 9.17) is 4.74 Å². The van der Waals surface area contributed by atoms with Crippen LogP contribution in [-0.4, -0.2) is 65.6 Å². The van der Waals surface area contributed by atoms with E-state index >= 15 is 0 Å². The van der Waals surface area contributed by atoms with Crippen LogP contribution in [0.3, 0.4) is 0 Å². The van der Waals surface area contributed by atoms with Gasteiger partial charge in [0.1, 0.15) is 6.10 Å². The molecule has 4 aromatic carbocycles. The molecule has 0 aliphatic carbocycles. The lowest BCUT2D eigenvalue weighted by atomic mass is 9.98. The molecule has 1 aliphatic rings. The minimum atomic E-state index is -4.47. The molecule has 0 spiro atoms. The number of nitrogens with one attached hydrogen (secondary N) is 1. The third-order valence-electron chi connectivity index (χ3n) is 9.12. The number of carbonyl (C=O) groups is 2. The first-order valence-electron chi connectivity index (χ1n) is 16.9. The van der Waals surface area contributed by atoms with Gasteiger partial charge in [0.25, 0.3) is 5.91 Å². The van der Waals surface area contributed by atoms with Crippen molar-refractivity contribution < 1.29 is 32.6 Å². The molecular formula is C40H44F3N3O4. The largest absolute Gasteiger partial charge is 0.486 e. The number of likely N-dealkylation sites (N-methyl/N-ethyl adjacent to an activating group) is 1. The lowest BCUT2D eigenvalue weighted by molar-refractivity contribution is -0.137. The summed E-state index contributed by atoms with van der Waals surface area (Å²) in [4.78, 5) is 30.8. The fourth-order valence-corrected chi connectivity index (χ4v) is 6.18. The summed E-state index contributed by atoms with van der Waals surface area (Å²) in [5.74, 6) is -0.710. The van der Waals surface area contributed by atoms with E-state index < -0.39 is 29.8 Å². The summed E-state index contributed by atoms with van der Waals surface area (Å²) >= 11 is 0. The Balaban J connectivity index is 1.31. The van der Waals surface area contributed by atoms with Crippen LogP contribution in [0.4, 0.5) is 18.9 Å². The first kappa shape index (κ1) is 36.6. The second kappa shape index (κ2) is 16.4. The zero-order chi connectivity index (χ0) is 35.8. The molecule has 50 heavy (non-hydrogen) atoms. The van der Waals surface area contributed by atoms with Gasteiger partial charge in [0, 0.05) is 25.6 Å². The SMILES string of the molecule is C[C@@H]1CN([C@@H](C)CO)C(=O)c2cccc(NC(=O)Cc3ccc(C(F)(F)F)cc3)c2O[C@@H]1CN(C)Cc1ccc(CCc2ccccc2)cc1. The zero-order valence-electron chi connectivity index (χ0n) is 28.6. The van der Waals surface area contributed by atoms with Crippen molar-refractivity contribution in [3.63, 3.8) is 0 Å². The van der Waals surface area contributed by atoms with Gasteiger partial charge in [-0.2, -0.15) is 13.2 Å². The van der Waals surface area contributed by atoms with Crippen LogP contribution >= 0.6 is 0 Å². The standard InChI is InChI=1S/C40H44F3N3O4/c1-27-23-46(28(2)26-47)39(49)34-10-7-11-35(44-37(48)22-31-18-20-33(21-19-31)40(41,42)43)38(34)50-36(27)25-45(3)24-32-16-14-30(15-17-32)13-12-29-8-5-4-6-9-29/h4-11,14-21,27-28,36,47H,12-13,22-26H2,1-3H3,(H,44,48)/t27-,28+,36-/m1/s1. The van der Waals surface area contributed by atoms with Crippen LogP contribution in [0.1, 0.15) is 52.0 Å². The van der Waals surface area contributed by atoms with Gasteiger partial charge in [-0.15, -0.1) is 0 Å². The molecule has 264 valence electrons. The molecule has 3 atom stereocenters. The number of aliphatic hydroxyl groups is 1. The van der Waals surface area contributed by atoms with Crippen molar-refractivity contribution in [3.05, 3.63) is 130 Å². The number of anilines is 1. The van der Waals surface area contributed by atoms with Gasteiger partial charge in [-0.3, -0.25) is 14.5 Å². The van der Waals surface area contributed by atoms with Crippen molar-refractivity contribution in [2.75, 3.05) is 32.1 Å². The monoisotopic (exact) mass is 687 g/mol. The van der Waals surface area contributed by atoms with Gasteiger partial charge in [0.15, 0.2) is 5.75 Å². The first-order valence-corrected chi connectivity index (χ1v) is 16.9. The fourth-order valence-electron chi connectivity index (χ4n) is 6.18. The number of para-hydroxylation sites is 1. The van der Waals surface area contributed by atoms with E-state index in [1.165, 1.54) is 23.3 Å². The van der Waals surface area contributed by atoms with E-state index in [1.807, 2.05) is 20.0 Å². The normalized spacial score (nSPS) is 17.0. The summed E-state index contributed by atoms with van der Waals surface area (Å²) < 4.78 is 45.7. The minimum absolute atomic E-state index is 0.139. The highest BCUT2D eigenvalue weighted by Crippen LogP contribution is 2.35. The number of aliphatic hydroxyl groups excluding tert-OH is 1. The quantitative estimate of drug-likeness (QED) is 0.167. The lowest BCUT2D eigenvalue weighted by Crippen LogP contribution is -2.49. The lowest BCUT2D eigenvalue weighted by Gasteiger charge is -2.38. The number of halogens is 3. The molecule has 0 fully saturated rings. The van der Waals surface area contributed by atoms with Gasteiger partial charge < -0.3 is 20.1 Å². The van der Waals surface area contributed by atoms with Gasteiger partial charge in [-0.25, -0.2) is 0 Å². The molecule has 1 aliphatic heterocycles. The van der Waals surface area contributed by atoms with Crippen molar-refractivity contribution in [3.8, 4) is 5.75 Å². The Morgan fingerprint density at radius 2 is 1.54 bits per heavy atom. The first-order chi connectivity index (χ1) is 23.9. The van der Waals surface area contributed by atoms with Crippen LogP contribution in [0.25, 0.3) is 0 Å². The molecule has 2 amide bonds. The van der Waals surface area contributed by atoms with Crippen molar-refractivity contribution in [1.82, 2.24) is 9.80 Å². The number of alkyl halides is 3. The summed E-state index contributed by atoms with van der Waals surface area (Å²) in [5, 5.41) is 12.8. The van der Waals surface area contributed by atoms with Crippen LogP contribution in [0.2, 0.25) is 0 Å². The summed E-state index contributed by atoms with van der Waals surface area (Å²) in [5.41, 5.74) is 3.88. The van der Waals surface area contributed by atoms with E-state index in [0.29, 0.717) is 25.2 Å². The Morgan fingerprint density at radius 3 is 2.18 bits per heavy atom. The molecule has 4 aromatic rings. The molecular weight excluding hydrogens is 643 g/mol. The number of aryl methyl sites for hydroxylation is 2. The van der Waals surface area contributed by atoms with Gasteiger partial charge in [0.05, 0.1) is 35.9 Å². The maximum Gasteiger partial charge on any atom is 0.416 e. The Morgan fingerprint density at radius 1 is 0.920 bits per heavy atom. The van der Waals surface area contributed by atoms with E-state index in [1.54, 1.807) is 30.0 Å². The topological polar surface area (TPSA) is 82.1 Å². The third kappa shape index (κ3) is 9.52. The number of hydrogen-bond donors (Lipinski definition) is 2. The Hall–Kier alpha value is -4.67. The molecule has 1 heterocycles. The highest BCUT2D eigenvalue weighted by atomic mass is 19.4. The average Bonchev–Trinajstić information content (AvgIpc) is 3.09. The smallest absolute Gasteiger partial charge is 0.416 e. The number of rotatable bonds is 12. The fraction of sp³-hybridized carbons (Fsp3) is 0.350. The van der Waals surface area contributed by atoms with Crippen LogP contribution in [-0.2, 0) is 36.8 Å². The van der Waals surface area contributed by atoms with Crippen LogP contribution in [0, 0.1) is 5.92 Å². The Bertz CT molecular complexity index is 1730. The Kier molecular flexibility index (Phi) is 12.0. The number of fused-ring (bicyclic) bond motifs is 1. The van der Waals surface area contributed by atoms with Crippen molar-refractivity contribution in [2.45, 2.75) is 58.0 Å². The number of carbonyl (C=O) groups excluding carboxylic acids is 2. The Labute approximate surface area is 291 Å². The van der Waals surface area contributed by atoms with Gasteiger partial charge in [0.2, 0.25) is 5.91 Å². The molecule has 7 nitrogen and oxygen atoms in total. The van der Waals surface area contributed by atoms with Crippen molar-refractivity contribution >= 4 is 17.5 Å². The third-order valence-corrected chi connectivity index (χ3v) is 9.12. The van der Waals surface area contributed by atoms with Gasteiger partial charge >= 0.3 is 6.18 Å². The molecule has 0 saturated carbocycles. The van der Waals surface area contributed by atoms with E-state index in [2.05, 4.69) is 58.7 Å². The predicted octanol–water partition coefficient (Wildman–Crippen LogP) is 7.02. The number of benzene rings is 4. The van der Waals surface area contributed by atoms with E-state index in [0.717, 1.165) is 30.5 Å². The van der Waals surface area contributed by atoms with Gasteiger partial charge in [-0.05, 0) is 73.3 Å². The number of ether oxygens (including phenoxy) is 1. The summed E-state index contributed by atoms with van der Waals surface area (Å²) in [6.45, 7) is 5.11. The second-order valence-corrected chi connectivity index (χ2v) is 13.2. The highest BCUT2D eigenvalue weighted by molar-refractivity contribution is 6.02. The van der Waals surface area contributed by atoms with E-state index in [-0.39, 0.29) is 41.9 Å². The highest BCUT2D eigenvalue weighted by Gasteiger charge is 2.35. The molecule has 5 rings (SSSR count). The maximum atomic E-state index is 13.8. The number of amides is 2. The average molecular weight is 688 g/mol. The molecule has 0 unspecified atom stereocenters.